The highest BCUT2D eigenvalue weighted by atomic mass is 32.1. The van der Waals surface area contributed by atoms with Gasteiger partial charge in [0.25, 0.3) is 0 Å². The molecular formula is C15H23N3S. The topological polar surface area (TPSA) is 42.2 Å². The van der Waals surface area contributed by atoms with E-state index in [1.165, 1.54) is 30.5 Å². The summed E-state index contributed by atoms with van der Waals surface area (Å²) in [6.07, 6.45) is 7.02. The molecule has 2 rings (SSSR count). The summed E-state index contributed by atoms with van der Waals surface area (Å²) in [4.78, 5) is 7.49. The van der Waals surface area contributed by atoms with Gasteiger partial charge in [0.1, 0.15) is 10.8 Å². The zero-order valence-corrected chi connectivity index (χ0v) is 12.7. The summed E-state index contributed by atoms with van der Waals surface area (Å²) in [6, 6.07) is 2.17. The number of hydrogen-bond acceptors (Lipinski definition) is 3. The van der Waals surface area contributed by atoms with Gasteiger partial charge in [-0.25, -0.2) is 4.98 Å². The summed E-state index contributed by atoms with van der Waals surface area (Å²) >= 11 is 5.20. The number of hydrogen-bond donors (Lipinski definition) is 1. The molecule has 0 atom stereocenters. The molecule has 1 aromatic heterocycles. The van der Waals surface area contributed by atoms with Crippen molar-refractivity contribution in [3.8, 4) is 0 Å². The van der Waals surface area contributed by atoms with E-state index in [0.29, 0.717) is 4.99 Å². The Kier molecular flexibility index (Phi) is 4.75. The van der Waals surface area contributed by atoms with Crippen LogP contribution in [0.2, 0.25) is 0 Å². The van der Waals surface area contributed by atoms with Gasteiger partial charge in [0.05, 0.1) is 5.56 Å². The second-order valence-electron chi connectivity index (χ2n) is 5.31. The van der Waals surface area contributed by atoms with Crippen molar-refractivity contribution in [1.29, 1.82) is 0 Å². The van der Waals surface area contributed by atoms with Crippen LogP contribution in [0.3, 0.4) is 0 Å². The number of anilines is 1. The molecule has 1 aliphatic carbocycles. The van der Waals surface area contributed by atoms with E-state index in [1.807, 2.05) is 0 Å². The summed E-state index contributed by atoms with van der Waals surface area (Å²) in [5.74, 6) is 0.960. The van der Waals surface area contributed by atoms with Crippen molar-refractivity contribution < 1.29 is 0 Å². The molecule has 1 heterocycles. The fourth-order valence-corrected chi connectivity index (χ4v) is 2.75. The number of nitrogens with zero attached hydrogens (tertiary/aromatic N) is 2. The molecule has 0 aliphatic heterocycles. The number of rotatable bonds is 5. The maximum Gasteiger partial charge on any atom is 0.138 e. The molecule has 1 aromatic rings. The van der Waals surface area contributed by atoms with Crippen LogP contribution >= 0.6 is 12.2 Å². The fourth-order valence-electron chi connectivity index (χ4n) is 2.60. The standard InChI is InChI=1S/C15H23N3S/c1-3-4-9-18(2)15-12(14(16)19)10-11-7-5-6-8-13(11)17-15/h10H,3-9H2,1-2H3,(H2,16,19). The van der Waals surface area contributed by atoms with Crippen LogP contribution < -0.4 is 10.6 Å². The molecular weight excluding hydrogens is 254 g/mol. The summed E-state index contributed by atoms with van der Waals surface area (Å²) in [6.45, 7) is 3.19. The van der Waals surface area contributed by atoms with Crippen molar-refractivity contribution >= 4 is 23.0 Å². The third-order valence-electron chi connectivity index (χ3n) is 3.75. The largest absolute Gasteiger partial charge is 0.389 e. The van der Waals surface area contributed by atoms with E-state index >= 15 is 0 Å². The van der Waals surface area contributed by atoms with Crippen LogP contribution in [-0.4, -0.2) is 23.6 Å². The molecule has 2 N–H and O–H groups in total. The highest BCUT2D eigenvalue weighted by Gasteiger charge is 2.18. The van der Waals surface area contributed by atoms with E-state index in [1.54, 1.807) is 0 Å². The first-order chi connectivity index (χ1) is 9.13. The minimum Gasteiger partial charge on any atom is -0.389 e. The van der Waals surface area contributed by atoms with E-state index < -0.39 is 0 Å². The van der Waals surface area contributed by atoms with Gasteiger partial charge in [-0.2, -0.15) is 0 Å². The molecule has 0 unspecified atom stereocenters. The van der Waals surface area contributed by atoms with E-state index in [2.05, 4.69) is 24.9 Å². The molecule has 0 spiro atoms. The fraction of sp³-hybridized carbons (Fsp3) is 0.600. The van der Waals surface area contributed by atoms with Gasteiger partial charge in [-0.3, -0.25) is 0 Å². The predicted octanol–water partition coefficient (Wildman–Crippen LogP) is 2.83. The van der Waals surface area contributed by atoms with E-state index in [9.17, 15) is 0 Å². The third-order valence-corrected chi connectivity index (χ3v) is 3.97. The van der Waals surface area contributed by atoms with E-state index in [-0.39, 0.29) is 0 Å². The number of thiocarbonyl (C=S) groups is 1. The SMILES string of the molecule is CCCCN(C)c1nc2c(cc1C(N)=S)CCCC2. The lowest BCUT2D eigenvalue weighted by Gasteiger charge is -2.24. The first kappa shape index (κ1) is 14.3. The van der Waals surface area contributed by atoms with Gasteiger partial charge in [-0.15, -0.1) is 0 Å². The number of aromatic nitrogens is 1. The molecule has 0 saturated carbocycles. The highest BCUT2D eigenvalue weighted by Crippen LogP contribution is 2.26. The third kappa shape index (κ3) is 3.24. The molecule has 0 radical (unpaired) electrons. The minimum absolute atomic E-state index is 0.458. The van der Waals surface area contributed by atoms with Crippen molar-refractivity contribution in [3.63, 3.8) is 0 Å². The van der Waals surface area contributed by atoms with Crippen LogP contribution in [0.5, 0.6) is 0 Å². The lowest BCUT2D eigenvalue weighted by Crippen LogP contribution is -2.25. The van der Waals surface area contributed by atoms with Crippen molar-refractivity contribution in [1.82, 2.24) is 4.98 Å². The van der Waals surface area contributed by atoms with Gasteiger partial charge in [-0.1, -0.05) is 25.6 Å². The molecule has 0 amide bonds. The Balaban J connectivity index is 2.36. The smallest absolute Gasteiger partial charge is 0.138 e. The molecule has 0 fully saturated rings. The van der Waals surface area contributed by atoms with Gasteiger partial charge < -0.3 is 10.6 Å². The molecule has 104 valence electrons. The van der Waals surface area contributed by atoms with Crippen molar-refractivity contribution in [2.75, 3.05) is 18.5 Å². The first-order valence-electron chi connectivity index (χ1n) is 7.17. The monoisotopic (exact) mass is 277 g/mol. The van der Waals surface area contributed by atoms with Gasteiger partial charge in [0, 0.05) is 19.3 Å². The number of aryl methyl sites for hydroxylation is 2. The van der Waals surface area contributed by atoms with Crippen LogP contribution in [0.25, 0.3) is 0 Å². The van der Waals surface area contributed by atoms with Crippen LogP contribution in [0.15, 0.2) is 6.07 Å². The summed E-state index contributed by atoms with van der Waals surface area (Å²) < 4.78 is 0. The summed E-state index contributed by atoms with van der Waals surface area (Å²) in [7, 11) is 2.08. The quantitative estimate of drug-likeness (QED) is 0.840. The number of unbranched alkanes of at least 4 members (excludes halogenated alkanes) is 1. The molecule has 0 aromatic carbocycles. The average Bonchev–Trinajstić information content (AvgIpc) is 2.43. The normalized spacial score (nSPS) is 14.0. The molecule has 0 bridgehead atoms. The maximum atomic E-state index is 5.88. The molecule has 0 saturated heterocycles. The van der Waals surface area contributed by atoms with Crippen molar-refractivity contribution in [3.05, 3.63) is 22.9 Å². The van der Waals surface area contributed by atoms with Gasteiger partial charge in [-0.05, 0) is 43.7 Å². The van der Waals surface area contributed by atoms with Crippen LogP contribution in [0.4, 0.5) is 5.82 Å². The Morgan fingerprint density at radius 1 is 1.42 bits per heavy atom. The van der Waals surface area contributed by atoms with Crippen molar-refractivity contribution in [2.24, 2.45) is 5.73 Å². The lowest BCUT2D eigenvalue weighted by atomic mass is 9.94. The average molecular weight is 277 g/mol. The highest BCUT2D eigenvalue weighted by molar-refractivity contribution is 7.80. The minimum atomic E-state index is 0.458. The summed E-state index contributed by atoms with van der Waals surface area (Å²) in [5, 5.41) is 0. The Bertz CT molecular complexity index is 471. The lowest BCUT2D eigenvalue weighted by molar-refractivity contribution is 0.664. The van der Waals surface area contributed by atoms with Crippen molar-refractivity contribution in [2.45, 2.75) is 45.4 Å². The Hall–Kier alpha value is -1.16. The van der Waals surface area contributed by atoms with Crippen LogP contribution in [0.1, 0.15) is 49.4 Å². The number of nitrogens with two attached hydrogens (primary N) is 1. The second-order valence-corrected chi connectivity index (χ2v) is 5.75. The second kappa shape index (κ2) is 6.33. The zero-order chi connectivity index (χ0) is 13.8. The van der Waals surface area contributed by atoms with Gasteiger partial charge >= 0.3 is 0 Å². The van der Waals surface area contributed by atoms with Crippen LogP contribution in [-0.2, 0) is 12.8 Å². The maximum absolute atomic E-state index is 5.88. The van der Waals surface area contributed by atoms with E-state index in [4.69, 9.17) is 22.9 Å². The predicted molar refractivity (Wildman–Crippen MR) is 84.9 cm³/mol. The van der Waals surface area contributed by atoms with Gasteiger partial charge in [0.2, 0.25) is 0 Å². The number of pyridine rings is 1. The number of fused-ring (bicyclic) bond motifs is 1. The summed E-state index contributed by atoms with van der Waals surface area (Å²) in [5.41, 5.74) is 9.39. The van der Waals surface area contributed by atoms with Crippen LogP contribution in [0, 0.1) is 0 Å². The Morgan fingerprint density at radius 3 is 2.84 bits per heavy atom. The van der Waals surface area contributed by atoms with Gasteiger partial charge in [0.15, 0.2) is 0 Å². The Labute approximate surface area is 121 Å². The molecule has 1 aliphatic rings. The van der Waals surface area contributed by atoms with E-state index in [0.717, 1.165) is 37.2 Å². The molecule has 19 heavy (non-hydrogen) atoms. The first-order valence-corrected chi connectivity index (χ1v) is 7.58. The molecule has 3 nitrogen and oxygen atoms in total. The zero-order valence-electron chi connectivity index (χ0n) is 11.9. The Morgan fingerprint density at radius 2 is 2.16 bits per heavy atom. The molecule has 4 heteroatoms.